The minimum absolute atomic E-state index is 0.0100. The zero-order valence-corrected chi connectivity index (χ0v) is 22.1. The average molecular weight is 519 g/mol. The van der Waals surface area contributed by atoms with Gasteiger partial charge in [-0.05, 0) is 64.4 Å². The van der Waals surface area contributed by atoms with E-state index in [1.165, 1.54) is 12.5 Å². The summed E-state index contributed by atoms with van der Waals surface area (Å²) in [6, 6.07) is 7.26. The number of anilines is 2. The number of rotatable bonds is 6. The van der Waals surface area contributed by atoms with Crippen molar-refractivity contribution in [1.82, 2.24) is 34.7 Å². The van der Waals surface area contributed by atoms with E-state index < -0.39 is 11.6 Å². The van der Waals surface area contributed by atoms with Crippen LogP contribution in [0.15, 0.2) is 36.7 Å². The first kappa shape index (κ1) is 24.8. The standard InChI is InChI=1S/C28H32F2N8/c1-16(2)38-18(4)34-26-21(29)9-20(10-23(26)38)25-22(30)12-33-27(36-25)35-24-6-5-19(11-32-24)17(3)37-14-28(15-37)7-8-31-13-28/h5-6,9-12,16-17,31H,7-8,13-15H2,1-4H3,(H,32,33,35,36)/t17-/m0/s1. The lowest BCUT2D eigenvalue weighted by atomic mass is 9.78. The predicted octanol–water partition coefficient (Wildman–Crippen LogP) is 5.16. The van der Waals surface area contributed by atoms with E-state index in [9.17, 15) is 8.78 Å². The summed E-state index contributed by atoms with van der Waals surface area (Å²) in [6.07, 6.45) is 4.19. The molecule has 0 aliphatic carbocycles. The molecule has 198 valence electrons. The van der Waals surface area contributed by atoms with Crippen LogP contribution in [0.25, 0.3) is 22.3 Å². The molecular weight excluding hydrogens is 486 g/mol. The number of pyridine rings is 1. The van der Waals surface area contributed by atoms with Crippen LogP contribution < -0.4 is 10.6 Å². The molecule has 6 rings (SSSR count). The molecule has 0 saturated carbocycles. The number of halogens is 2. The van der Waals surface area contributed by atoms with Gasteiger partial charge in [-0.3, -0.25) is 4.90 Å². The number of hydrogen-bond donors (Lipinski definition) is 2. The van der Waals surface area contributed by atoms with Crippen LogP contribution >= 0.6 is 0 Å². The zero-order chi connectivity index (χ0) is 26.6. The first-order valence-corrected chi connectivity index (χ1v) is 13.1. The smallest absolute Gasteiger partial charge is 0.229 e. The van der Waals surface area contributed by atoms with Crippen LogP contribution in [-0.2, 0) is 0 Å². The lowest BCUT2D eigenvalue weighted by Gasteiger charge is -2.50. The zero-order valence-electron chi connectivity index (χ0n) is 22.1. The Bertz CT molecular complexity index is 1480. The van der Waals surface area contributed by atoms with E-state index in [-0.39, 0.29) is 29.2 Å². The number of nitrogens with zero attached hydrogens (tertiary/aromatic N) is 6. The fourth-order valence-corrected chi connectivity index (χ4v) is 5.89. The van der Waals surface area contributed by atoms with Crippen LogP contribution in [-0.4, -0.2) is 55.6 Å². The lowest BCUT2D eigenvalue weighted by Crippen LogP contribution is -2.57. The van der Waals surface area contributed by atoms with E-state index in [0.29, 0.717) is 28.1 Å². The predicted molar refractivity (Wildman–Crippen MR) is 143 cm³/mol. The molecule has 2 saturated heterocycles. The number of aromatic nitrogens is 5. The van der Waals surface area contributed by atoms with Gasteiger partial charge in [0.15, 0.2) is 11.6 Å². The van der Waals surface area contributed by atoms with Gasteiger partial charge in [0.25, 0.3) is 0 Å². The van der Waals surface area contributed by atoms with Crippen LogP contribution in [0.5, 0.6) is 0 Å². The number of imidazole rings is 1. The van der Waals surface area contributed by atoms with E-state index in [1.54, 1.807) is 6.07 Å². The first-order valence-electron chi connectivity index (χ1n) is 13.1. The van der Waals surface area contributed by atoms with E-state index in [2.05, 4.69) is 42.4 Å². The highest BCUT2D eigenvalue weighted by molar-refractivity contribution is 5.83. The van der Waals surface area contributed by atoms with Crippen molar-refractivity contribution in [2.24, 2.45) is 5.41 Å². The molecule has 10 heteroatoms. The van der Waals surface area contributed by atoms with Crippen LogP contribution in [0.2, 0.25) is 0 Å². The van der Waals surface area contributed by atoms with Crippen molar-refractivity contribution in [1.29, 1.82) is 0 Å². The molecule has 2 N–H and O–H groups in total. The molecule has 2 aliphatic rings. The van der Waals surface area contributed by atoms with Gasteiger partial charge in [-0.1, -0.05) is 6.07 Å². The lowest BCUT2D eigenvalue weighted by molar-refractivity contribution is -0.0133. The Morgan fingerprint density at radius 2 is 1.84 bits per heavy atom. The molecule has 1 aromatic carbocycles. The number of aryl methyl sites for hydroxylation is 1. The van der Waals surface area contributed by atoms with E-state index in [1.807, 2.05) is 43.7 Å². The van der Waals surface area contributed by atoms with Crippen molar-refractivity contribution < 1.29 is 8.78 Å². The Hall–Kier alpha value is -3.50. The second kappa shape index (κ2) is 9.36. The largest absolute Gasteiger partial charge is 0.326 e. The molecule has 2 aliphatic heterocycles. The second-order valence-corrected chi connectivity index (χ2v) is 10.9. The van der Waals surface area contributed by atoms with Crippen molar-refractivity contribution in [3.05, 3.63) is 59.7 Å². The summed E-state index contributed by atoms with van der Waals surface area (Å²) in [4.78, 5) is 19.8. The summed E-state index contributed by atoms with van der Waals surface area (Å²) < 4.78 is 31.7. The van der Waals surface area contributed by atoms with Gasteiger partial charge in [0, 0.05) is 48.9 Å². The summed E-state index contributed by atoms with van der Waals surface area (Å²) in [5.41, 5.74) is 2.78. The Morgan fingerprint density at radius 3 is 2.53 bits per heavy atom. The van der Waals surface area contributed by atoms with Gasteiger partial charge >= 0.3 is 0 Å². The Morgan fingerprint density at radius 1 is 1.03 bits per heavy atom. The molecular formula is C28H32F2N8. The molecule has 0 unspecified atom stereocenters. The number of fused-ring (bicyclic) bond motifs is 1. The number of benzene rings is 1. The summed E-state index contributed by atoms with van der Waals surface area (Å²) in [5, 5.41) is 6.53. The molecule has 0 radical (unpaired) electrons. The molecule has 5 heterocycles. The normalized spacial score (nSPS) is 17.9. The monoisotopic (exact) mass is 518 g/mol. The fourth-order valence-electron chi connectivity index (χ4n) is 5.89. The summed E-state index contributed by atoms with van der Waals surface area (Å²) in [7, 11) is 0. The third-order valence-corrected chi connectivity index (χ3v) is 7.92. The molecule has 4 aromatic rings. The van der Waals surface area contributed by atoms with Crippen LogP contribution in [0.4, 0.5) is 20.5 Å². The fraction of sp³-hybridized carbons (Fsp3) is 0.429. The van der Waals surface area contributed by atoms with Crippen molar-refractivity contribution in [2.45, 2.75) is 46.2 Å². The number of likely N-dealkylation sites (tertiary alicyclic amines) is 1. The Balaban J connectivity index is 1.22. The van der Waals surface area contributed by atoms with Crippen molar-refractivity contribution in [2.75, 3.05) is 31.5 Å². The summed E-state index contributed by atoms with van der Waals surface area (Å²) in [6.45, 7) is 12.5. The third kappa shape index (κ3) is 4.31. The van der Waals surface area contributed by atoms with Gasteiger partial charge in [-0.25, -0.2) is 28.7 Å². The molecule has 3 aromatic heterocycles. The summed E-state index contributed by atoms with van der Waals surface area (Å²) >= 11 is 0. The van der Waals surface area contributed by atoms with Gasteiger partial charge in [0.2, 0.25) is 5.95 Å². The van der Waals surface area contributed by atoms with Gasteiger partial charge in [-0.2, -0.15) is 0 Å². The quantitative estimate of drug-likeness (QED) is 0.365. The highest BCUT2D eigenvalue weighted by Gasteiger charge is 2.46. The number of nitrogens with one attached hydrogen (secondary N) is 2. The minimum atomic E-state index is -0.636. The van der Waals surface area contributed by atoms with Gasteiger partial charge < -0.3 is 15.2 Å². The van der Waals surface area contributed by atoms with Crippen LogP contribution in [0.3, 0.4) is 0 Å². The molecule has 38 heavy (non-hydrogen) atoms. The van der Waals surface area contributed by atoms with Gasteiger partial charge in [0.05, 0.1) is 11.7 Å². The maximum atomic E-state index is 15.0. The molecule has 0 amide bonds. The van der Waals surface area contributed by atoms with Gasteiger partial charge in [-0.15, -0.1) is 0 Å². The van der Waals surface area contributed by atoms with Gasteiger partial charge in [0.1, 0.15) is 22.9 Å². The van der Waals surface area contributed by atoms with E-state index >= 15 is 0 Å². The van der Waals surface area contributed by atoms with Crippen molar-refractivity contribution in [3.8, 4) is 11.3 Å². The Labute approximate surface area is 220 Å². The number of hydrogen-bond acceptors (Lipinski definition) is 7. The van der Waals surface area contributed by atoms with Crippen molar-refractivity contribution in [3.63, 3.8) is 0 Å². The highest BCUT2D eigenvalue weighted by atomic mass is 19.1. The van der Waals surface area contributed by atoms with Crippen LogP contribution in [0.1, 0.15) is 50.7 Å². The first-order chi connectivity index (χ1) is 18.2. The topological polar surface area (TPSA) is 83.8 Å². The SMILES string of the molecule is Cc1nc2c(F)cc(-c3nc(Nc4ccc([C@H](C)N5CC6(CCNC6)C5)cn4)ncc3F)cc2n1C(C)C. The van der Waals surface area contributed by atoms with E-state index in [4.69, 9.17) is 0 Å². The summed E-state index contributed by atoms with van der Waals surface area (Å²) in [5.74, 6) is 0.278. The van der Waals surface area contributed by atoms with Crippen LogP contribution in [0, 0.1) is 24.0 Å². The van der Waals surface area contributed by atoms with Crippen molar-refractivity contribution >= 4 is 22.8 Å². The molecule has 8 nitrogen and oxygen atoms in total. The minimum Gasteiger partial charge on any atom is -0.326 e. The highest BCUT2D eigenvalue weighted by Crippen LogP contribution is 2.40. The molecule has 1 atom stereocenters. The average Bonchev–Trinajstić information content (AvgIpc) is 3.49. The molecule has 1 spiro atoms. The second-order valence-electron chi connectivity index (χ2n) is 10.9. The molecule has 0 bridgehead atoms. The Kier molecular flexibility index (Phi) is 6.11. The van der Waals surface area contributed by atoms with E-state index in [0.717, 1.165) is 37.9 Å². The third-order valence-electron chi connectivity index (χ3n) is 7.92. The maximum absolute atomic E-state index is 15.0. The maximum Gasteiger partial charge on any atom is 0.229 e. The molecule has 2 fully saturated rings.